The van der Waals surface area contributed by atoms with E-state index in [1.54, 1.807) is 6.20 Å². The molecule has 2 aromatic heterocycles. The zero-order valence-corrected chi connectivity index (χ0v) is 19.0. The summed E-state index contributed by atoms with van der Waals surface area (Å²) in [7, 11) is -3.96. The molecule has 4 rings (SSSR count). The summed E-state index contributed by atoms with van der Waals surface area (Å²) in [6.45, 7) is 4.13. The maximum atomic E-state index is 12.3. The number of halogens is 3. The monoisotopic (exact) mass is 491 g/mol. The number of nitrogens with zero attached hydrogens (tertiary/aromatic N) is 4. The topological polar surface area (TPSA) is 125 Å². The molecule has 1 aliphatic heterocycles. The number of aromatic amines is 1. The molecule has 3 heterocycles. The normalized spacial score (nSPS) is 24.8. The molecule has 0 spiro atoms. The molecule has 14 heteroatoms. The Labute approximate surface area is 189 Å². The fourth-order valence-corrected chi connectivity index (χ4v) is 5.58. The molecular weight excluding hydrogens is 463 g/mol. The van der Waals surface area contributed by atoms with Gasteiger partial charge in [-0.15, -0.1) is 0 Å². The van der Waals surface area contributed by atoms with Crippen molar-refractivity contribution in [2.24, 2.45) is 0 Å². The minimum absolute atomic E-state index is 0.0425. The lowest BCUT2D eigenvalue weighted by Crippen LogP contribution is -2.41. The second kappa shape index (κ2) is 9.58. The van der Waals surface area contributed by atoms with Crippen molar-refractivity contribution in [1.29, 1.82) is 0 Å². The third kappa shape index (κ3) is 6.44. The van der Waals surface area contributed by atoms with E-state index in [1.165, 1.54) is 0 Å². The minimum Gasteiger partial charge on any atom is -0.375 e. The van der Waals surface area contributed by atoms with E-state index >= 15 is 0 Å². The minimum atomic E-state index is -4.49. The highest BCUT2D eigenvalue weighted by Crippen LogP contribution is 2.26. The quantitative estimate of drug-likeness (QED) is 0.538. The summed E-state index contributed by atoms with van der Waals surface area (Å²) in [6, 6.07) is -0.323. The predicted molar refractivity (Wildman–Crippen MR) is 117 cm³/mol. The van der Waals surface area contributed by atoms with Crippen molar-refractivity contribution in [2.45, 2.75) is 63.4 Å². The van der Waals surface area contributed by atoms with Crippen molar-refractivity contribution < 1.29 is 26.3 Å². The first kappa shape index (κ1) is 24.0. The van der Waals surface area contributed by atoms with Crippen LogP contribution in [0, 0.1) is 0 Å². The van der Waals surface area contributed by atoms with Crippen LogP contribution in [0.3, 0.4) is 0 Å². The van der Waals surface area contributed by atoms with Gasteiger partial charge in [0.05, 0.1) is 30.3 Å². The third-order valence-corrected chi connectivity index (χ3v) is 7.33. The molecule has 0 bridgehead atoms. The SMILES string of the molecule is C[C@@H]1CN(c2n[nH]c3nc(NC4CCC(NS(=O)(=O)CCC(F)(F)F)CC4)ncc23)CCO1. The molecule has 1 saturated heterocycles. The van der Waals surface area contributed by atoms with Crippen LogP contribution >= 0.6 is 0 Å². The van der Waals surface area contributed by atoms with Gasteiger partial charge in [0.15, 0.2) is 11.5 Å². The van der Waals surface area contributed by atoms with Crippen LogP contribution in [0.1, 0.15) is 39.0 Å². The average molecular weight is 492 g/mol. The van der Waals surface area contributed by atoms with Gasteiger partial charge in [-0.3, -0.25) is 5.10 Å². The van der Waals surface area contributed by atoms with Crippen molar-refractivity contribution in [3.63, 3.8) is 0 Å². The first-order chi connectivity index (χ1) is 15.6. The average Bonchev–Trinajstić information content (AvgIpc) is 3.17. The number of alkyl halides is 3. The summed E-state index contributed by atoms with van der Waals surface area (Å²) in [5.41, 5.74) is 0.618. The smallest absolute Gasteiger partial charge is 0.375 e. The van der Waals surface area contributed by atoms with Gasteiger partial charge in [-0.2, -0.15) is 23.3 Å². The molecule has 184 valence electrons. The maximum absolute atomic E-state index is 12.3. The molecule has 33 heavy (non-hydrogen) atoms. The molecule has 2 fully saturated rings. The van der Waals surface area contributed by atoms with Crippen molar-refractivity contribution in [3.05, 3.63) is 6.20 Å². The predicted octanol–water partition coefficient (Wildman–Crippen LogP) is 2.17. The van der Waals surface area contributed by atoms with Crippen molar-refractivity contribution in [3.8, 4) is 0 Å². The van der Waals surface area contributed by atoms with E-state index in [-0.39, 0.29) is 18.2 Å². The molecule has 0 amide bonds. The number of fused-ring (bicyclic) bond motifs is 1. The van der Waals surface area contributed by atoms with Crippen LogP contribution in [0.5, 0.6) is 0 Å². The van der Waals surface area contributed by atoms with Gasteiger partial charge in [-0.25, -0.2) is 18.1 Å². The van der Waals surface area contributed by atoms with Crippen molar-refractivity contribution in [1.82, 2.24) is 24.9 Å². The molecular formula is C19H28F3N7O3S. The Kier molecular flexibility index (Phi) is 6.96. The molecule has 1 atom stereocenters. The zero-order chi connectivity index (χ0) is 23.6. The Hall–Kier alpha value is -2.19. The number of hydrogen-bond acceptors (Lipinski definition) is 8. The van der Waals surface area contributed by atoms with Crippen molar-refractivity contribution in [2.75, 3.05) is 35.7 Å². The lowest BCUT2D eigenvalue weighted by molar-refractivity contribution is -0.130. The van der Waals surface area contributed by atoms with Gasteiger partial charge < -0.3 is 15.0 Å². The highest BCUT2D eigenvalue weighted by molar-refractivity contribution is 7.89. The van der Waals surface area contributed by atoms with Crippen LogP contribution in [-0.2, 0) is 14.8 Å². The number of aromatic nitrogens is 4. The largest absolute Gasteiger partial charge is 0.390 e. The Bertz CT molecular complexity index is 1050. The Morgan fingerprint density at radius 1 is 1.24 bits per heavy atom. The van der Waals surface area contributed by atoms with Crippen LogP contribution in [0.2, 0.25) is 0 Å². The van der Waals surface area contributed by atoms with Gasteiger partial charge in [-0.05, 0) is 32.6 Å². The highest BCUT2D eigenvalue weighted by Gasteiger charge is 2.32. The fraction of sp³-hybridized carbons (Fsp3) is 0.737. The summed E-state index contributed by atoms with van der Waals surface area (Å²) in [5, 5.41) is 11.4. The Balaban J connectivity index is 1.30. The van der Waals surface area contributed by atoms with E-state index in [4.69, 9.17) is 4.74 Å². The van der Waals surface area contributed by atoms with E-state index < -0.39 is 28.4 Å². The van der Waals surface area contributed by atoms with Crippen molar-refractivity contribution >= 4 is 32.8 Å². The summed E-state index contributed by atoms with van der Waals surface area (Å²) < 4.78 is 68.7. The second-order valence-electron chi connectivity index (χ2n) is 8.63. The molecule has 0 unspecified atom stereocenters. The first-order valence-corrected chi connectivity index (χ1v) is 12.6. The molecule has 3 N–H and O–H groups in total. The Morgan fingerprint density at radius 3 is 2.67 bits per heavy atom. The lowest BCUT2D eigenvalue weighted by atomic mass is 9.92. The molecule has 0 aromatic carbocycles. The highest BCUT2D eigenvalue weighted by atomic mass is 32.2. The molecule has 1 aliphatic carbocycles. The fourth-order valence-electron chi connectivity index (χ4n) is 4.22. The first-order valence-electron chi connectivity index (χ1n) is 11.0. The lowest BCUT2D eigenvalue weighted by Gasteiger charge is -2.31. The summed E-state index contributed by atoms with van der Waals surface area (Å²) >= 11 is 0. The number of nitrogens with one attached hydrogen (secondary N) is 3. The van der Waals surface area contributed by atoms with Crippen LogP contribution < -0.4 is 14.9 Å². The summed E-state index contributed by atoms with van der Waals surface area (Å²) in [4.78, 5) is 11.1. The van der Waals surface area contributed by atoms with Gasteiger partial charge in [0.1, 0.15) is 0 Å². The van der Waals surface area contributed by atoms with Crippen LogP contribution in [-0.4, -0.2) is 78.4 Å². The number of sulfonamides is 1. The molecule has 2 aromatic rings. The van der Waals surface area contributed by atoms with E-state index in [0.717, 1.165) is 24.3 Å². The third-order valence-electron chi connectivity index (χ3n) is 5.90. The van der Waals surface area contributed by atoms with Crippen LogP contribution in [0.15, 0.2) is 6.20 Å². The number of H-pyrrole nitrogens is 1. The van der Waals surface area contributed by atoms with Gasteiger partial charge in [0.2, 0.25) is 16.0 Å². The molecule has 10 nitrogen and oxygen atoms in total. The number of morpholine rings is 1. The zero-order valence-electron chi connectivity index (χ0n) is 18.2. The number of anilines is 2. The second-order valence-corrected chi connectivity index (χ2v) is 10.5. The van der Waals surface area contributed by atoms with E-state index in [2.05, 4.69) is 35.1 Å². The van der Waals surface area contributed by atoms with Crippen LogP contribution in [0.4, 0.5) is 24.9 Å². The number of rotatable bonds is 7. The Morgan fingerprint density at radius 2 is 1.97 bits per heavy atom. The standard InChI is InChI=1S/C19H28F3N7O3S/c1-12-11-29(7-8-32-12)17-15-10-23-18(25-16(15)26-27-17)24-13-2-4-14(5-3-13)28-33(30,31)9-6-19(20,21)22/h10,12-14,28H,2-9,11H2,1H3,(H2,23,24,25,26,27)/t12-,13?,14?/m1/s1. The summed E-state index contributed by atoms with van der Waals surface area (Å²) in [6.07, 6.45) is -1.65. The molecule has 1 saturated carbocycles. The maximum Gasteiger partial charge on any atom is 0.390 e. The molecule has 0 radical (unpaired) electrons. The van der Waals surface area contributed by atoms with Gasteiger partial charge in [0, 0.05) is 31.4 Å². The van der Waals surface area contributed by atoms with E-state index in [9.17, 15) is 21.6 Å². The van der Waals surface area contributed by atoms with Crippen LogP contribution in [0.25, 0.3) is 11.0 Å². The van der Waals surface area contributed by atoms with Gasteiger partial charge in [-0.1, -0.05) is 0 Å². The number of hydrogen-bond donors (Lipinski definition) is 3. The summed E-state index contributed by atoms with van der Waals surface area (Å²) in [5.74, 6) is 0.296. The van der Waals surface area contributed by atoms with Gasteiger partial charge >= 0.3 is 6.18 Å². The molecule has 2 aliphatic rings. The van der Waals surface area contributed by atoms with E-state index in [0.29, 0.717) is 43.9 Å². The van der Waals surface area contributed by atoms with E-state index in [1.807, 2.05) is 6.92 Å². The number of ether oxygens (including phenoxy) is 1. The van der Waals surface area contributed by atoms with Gasteiger partial charge in [0.25, 0.3) is 0 Å².